The first-order chi connectivity index (χ1) is 14.5. The summed E-state index contributed by atoms with van der Waals surface area (Å²) in [6, 6.07) is 12.1. The number of nitrogens with zero attached hydrogens (tertiary/aromatic N) is 3. The van der Waals surface area contributed by atoms with Crippen LogP contribution in [0, 0.1) is 5.82 Å². The fourth-order valence-electron chi connectivity index (χ4n) is 3.78. The minimum Gasteiger partial charge on any atom is -0.494 e. The third kappa shape index (κ3) is 4.18. The van der Waals surface area contributed by atoms with Crippen LogP contribution >= 0.6 is 0 Å². The molecule has 0 saturated carbocycles. The van der Waals surface area contributed by atoms with E-state index in [4.69, 9.17) is 4.74 Å². The van der Waals surface area contributed by atoms with Crippen LogP contribution in [-0.4, -0.2) is 59.2 Å². The molecule has 2 aromatic carbocycles. The van der Waals surface area contributed by atoms with Gasteiger partial charge in [-0.2, -0.15) is 5.10 Å². The molecular weight excluding hydrogens is 387 g/mol. The highest BCUT2D eigenvalue weighted by molar-refractivity contribution is 5.88. The second-order valence-electron chi connectivity index (χ2n) is 7.35. The van der Waals surface area contributed by atoms with Gasteiger partial charge in [-0.05, 0) is 23.8 Å². The maximum Gasteiger partial charge on any atom is 0.272 e. The van der Waals surface area contributed by atoms with Gasteiger partial charge in [0.05, 0.1) is 24.6 Å². The molecular formula is C22H23FN4O3. The number of methoxy groups -OCH3 is 1. The lowest BCUT2D eigenvalue weighted by Crippen LogP contribution is -2.48. The number of amides is 1. The van der Waals surface area contributed by atoms with Gasteiger partial charge < -0.3 is 9.64 Å². The molecule has 1 N–H and O–H groups in total. The number of fused-ring (bicyclic) bond motifs is 1. The molecule has 1 fully saturated rings. The number of benzene rings is 2. The van der Waals surface area contributed by atoms with Crippen molar-refractivity contribution in [2.24, 2.45) is 0 Å². The van der Waals surface area contributed by atoms with E-state index < -0.39 is 0 Å². The monoisotopic (exact) mass is 410 g/mol. The molecule has 8 heteroatoms. The summed E-state index contributed by atoms with van der Waals surface area (Å²) in [4.78, 5) is 28.7. The number of H-pyrrole nitrogens is 1. The molecule has 0 aliphatic carbocycles. The van der Waals surface area contributed by atoms with E-state index >= 15 is 0 Å². The fraction of sp³-hybridized carbons (Fsp3) is 0.318. The zero-order valence-corrected chi connectivity index (χ0v) is 16.7. The third-order valence-electron chi connectivity index (χ3n) is 5.44. The summed E-state index contributed by atoms with van der Waals surface area (Å²) in [6.07, 6.45) is 0.140. The molecule has 3 aromatic rings. The summed E-state index contributed by atoms with van der Waals surface area (Å²) in [5.41, 5.74) is 1.19. The van der Waals surface area contributed by atoms with Crippen molar-refractivity contribution in [1.29, 1.82) is 0 Å². The Morgan fingerprint density at radius 3 is 2.57 bits per heavy atom. The molecule has 7 nitrogen and oxygen atoms in total. The first-order valence-electron chi connectivity index (χ1n) is 9.84. The Kier molecular flexibility index (Phi) is 5.76. The maximum atomic E-state index is 13.9. The number of hydrogen-bond acceptors (Lipinski definition) is 5. The Morgan fingerprint density at radius 1 is 1.13 bits per heavy atom. The van der Waals surface area contributed by atoms with Crippen molar-refractivity contribution in [2.75, 3.05) is 33.3 Å². The van der Waals surface area contributed by atoms with Gasteiger partial charge >= 0.3 is 0 Å². The van der Waals surface area contributed by atoms with Crippen LogP contribution in [0.25, 0.3) is 10.8 Å². The molecule has 0 unspecified atom stereocenters. The SMILES string of the molecule is COc1ccc(CN2CCN(C(=O)Cc3n[nH]c(=O)c4ccccc34)CC2)cc1F. The van der Waals surface area contributed by atoms with Crippen molar-refractivity contribution in [1.82, 2.24) is 20.0 Å². The number of rotatable bonds is 5. The predicted octanol–water partition coefficient (Wildman–Crippen LogP) is 1.96. The van der Waals surface area contributed by atoms with Crippen LogP contribution in [0.1, 0.15) is 11.3 Å². The van der Waals surface area contributed by atoms with Gasteiger partial charge in [0.1, 0.15) is 0 Å². The Labute approximate surface area is 173 Å². The van der Waals surface area contributed by atoms with Gasteiger partial charge in [-0.3, -0.25) is 14.5 Å². The molecule has 1 aliphatic heterocycles. The van der Waals surface area contributed by atoms with Crippen LogP contribution in [0.5, 0.6) is 5.75 Å². The number of hydrogen-bond donors (Lipinski definition) is 1. The summed E-state index contributed by atoms with van der Waals surface area (Å²) in [5.74, 6) is -0.156. The lowest BCUT2D eigenvalue weighted by molar-refractivity contribution is -0.132. The smallest absolute Gasteiger partial charge is 0.272 e. The molecule has 0 radical (unpaired) electrons. The normalized spacial score (nSPS) is 14.8. The lowest BCUT2D eigenvalue weighted by Gasteiger charge is -2.34. The maximum absolute atomic E-state index is 13.9. The number of halogens is 1. The number of ether oxygens (including phenoxy) is 1. The van der Waals surface area contributed by atoms with E-state index in [0.717, 1.165) is 5.56 Å². The Hall–Kier alpha value is -3.26. The summed E-state index contributed by atoms with van der Waals surface area (Å²) in [7, 11) is 1.44. The summed E-state index contributed by atoms with van der Waals surface area (Å²) < 4.78 is 18.8. The zero-order valence-electron chi connectivity index (χ0n) is 16.7. The predicted molar refractivity (Wildman–Crippen MR) is 111 cm³/mol. The molecule has 1 amide bonds. The van der Waals surface area contributed by atoms with E-state index in [-0.39, 0.29) is 29.5 Å². The van der Waals surface area contributed by atoms with E-state index in [0.29, 0.717) is 49.2 Å². The van der Waals surface area contributed by atoms with Crippen LogP contribution in [-0.2, 0) is 17.8 Å². The number of nitrogens with one attached hydrogen (secondary N) is 1. The molecule has 156 valence electrons. The van der Waals surface area contributed by atoms with E-state index in [1.165, 1.54) is 13.2 Å². The summed E-state index contributed by atoms with van der Waals surface area (Å²) in [5, 5.41) is 7.80. The van der Waals surface area contributed by atoms with Crippen molar-refractivity contribution in [3.8, 4) is 5.75 Å². The first-order valence-corrected chi connectivity index (χ1v) is 9.84. The van der Waals surface area contributed by atoms with Crippen LogP contribution in [0.2, 0.25) is 0 Å². The van der Waals surface area contributed by atoms with Crippen molar-refractivity contribution < 1.29 is 13.9 Å². The molecule has 30 heavy (non-hydrogen) atoms. The average molecular weight is 410 g/mol. The van der Waals surface area contributed by atoms with Crippen molar-refractivity contribution >= 4 is 16.7 Å². The van der Waals surface area contributed by atoms with Gasteiger partial charge in [0.25, 0.3) is 5.56 Å². The molecule has 1 aromatic heterocycles. The summed E-state index contributed by atoms with van der Waals surface area (Å²) >= 11 is 0. The van der Waals surface area contributed by atoms with Gasteiger partial charge in [-0.1, -0.05) is 24.3 Å². The molecule has 1 saturated heterocycles. The van der Waals surface area contributed by atoms with Gasteiger partial charge in [-0.25, -0.2) is 9.49 Å². The molecule has 0 atom stereocenters. The molecule has 2 heterocycles. The van der Waals surface area contributed by atoms with Gasteiger partial charge in [0, 0.05) is 38.1 Å². The van der Waals surface area contributed by atoms with Crippen molar-refractivity contribution in [3.05, 3.63) is 69.9 Å². The molecule has 0 bridgehead atoms. The van der Waals surface area contributed by atoms with Crippen molar-refractivity contribution in [3.63, 3.8) is 0 Å². The van der Waals surface area contributed by atoms with Crippen LogP contribution in [0.4, 0.5) is 4.39 Å². The number of aromatic nitrogens is 2. The number of aromatic amines is 1. The minimum atomic E-state index is -0.371. The second kappa shape index (κ2) is 8.62. The quantitative estimate of drug-likeness (QED) is 0.696. The summed E-state index contributed by atoms with van der Waals surface area (Å²) in [6.45, 7) is 3.23. The van der Waals surface area contributed by atoms with Crippen LogP contribution in [0.3, 0.4) is 0 Å². The lowest BCUT2D eigenvalue weighted by atomic mass is 10.1. The fourth-order valence-corrected chi connectivity index (χ4v) is 3.78. The van der Waals surface area contributed by atoms with E-state index in [1.807, 2.05) is 23.1 Å². The highest BCUT2D eigenvalue weighted by atomic mass is 19.1. The highest BCUT2D eigenvalue weighted by Gasteiger charge is 2.22. The largest absolute Gasteiger partial charge is 0.494 e. The number of carbonyl (C=O) groups is 1. The molecule has 4 rings (SSSR count). The third-order valence-corrected chi connectivity index (χ3v) is 5.44. The zero-order chi connectivity index (χ0) is 21.1. The van der Waals surface area contributed by atoms with E-state index in [1.54, 1.807) is 18.2 Å². The molecule has 1 aliphatic rings. The van der Waals surface area contributed by atoms with Crippen LogP contribution < -0.4 is 10.3 Å². The Bertz CT molecular complexity index is 1120. The highest BCUT2D eigenvalue weighted by Crippen LogP contribution is 2.19. The van der Waals surface area contributed by atoms with Gasteiger partial charge in [0.2, 0.25) is 5.91 Å². The standard InChI is InChI=1S/C22H23FN4O3/c1-30-20-7-6-15(12-18(20)23)14-26-8-10-27(11-9-26)21(28)13-19-16-4-2-3-5-17(16)22(29)25-24-19/h2-7,12H,8-11,13-14H2,1H3,(H,25,29). The first kappa shape index (κ1) is 20.0. The van der Waals surface area contributed by atoms with Crippen LogP contribution in [0.15, 0.2) is 47.3 Å². The van der Waals surface area contributed by atoms with E-state index in [2.05, 4.69) is 15.1 Å². The minimum absolute atomic E-state index is 0.0187. The average Bonchev–Trinajstić information content (AvgIpc) is 2.76. The second-order valence-corrected chi connectivity index (χ2v) is 7.35. The van der Waals surface area contributed by atoms with Gasteiger partial charge in [-0.15, -0.1) is 0 Å². The topological polar surface area (TPSA) is 78.5 Å². The van der Waals surface area contributed by atoms with Gasteiger partial charge in [0.15, 0.2) is 11.6 Å². The number of piperazine rings is 1. The Morgan fingerprint density at radius 2 is 1.87 bits per heavy atom. The number of carbonyl (C=O) groups excluding carboxylic acids is 1. The van der Waals surface area contributed by atoms with Crippen molar-refractivity contribution in [2.45, 2.75) is 13.0 Å². The Balaban J connectivity index is 1.36. The molecule has 0 spiro atoms. The van der Waals surface area contributed by atoms with E-state index in [9.17, 15) is 14.0 Å².